The lowest BCUT2D eigenvalue weighted by molar-refractivity contribution is 0.0428. The molecule has 27 heavy (non-hydrogen) atoms. The standard InChI is InChI=1S/C19H32N6O2/c1-7-20-18(22-13-19(3,26)17-9-8-14(2)27-17)21-11-16(24(4)5)15-10-23-25(6)12-15/h8-10,12,16,26H,7,11,13H2,1-6H3,(H2,20,21,22). The summed E-state index contributed by atoms with van der Waals surface area (Å²) in [5, 5.41) is 21.5. The van der Waals surface area contributed by atoms with Gasteiger partial charge in [-0.05, 0) is 47.0 Å². The minimum atomic E-state index is -1.17. The Kier molecular flexibility index (Phi) is 7.04. The van der Waals surface area contributed by atoms with E-state index >= 15 is 0 Å². The fraction of sp³-hybridized carbons (Fsp3) is 0.579. The third-order valence-corrected chi connectivity index (χ3v) is 4.36. The van der Waals surface area contributed by atoms with Gasteiger partial charge < -0.3 is 25.1 Å². The van der Waals surface area contributed by atoms with E-state index in [0.29, 0.717) is 18.3 Å². The van der Waals surface area contributed by atoms with Gasteiger partial charge in [0.15, 0.2) is 5.96 Å². The fourth-order valence-electron chi connectivity index (χ4n) is 2.78. The number of hydrogen-bond donors (Lipinski definition) is 3. The summed E-state index contributed by atoms with van der Waals surface area (Å²) in [5.41, 5.74) is -0.0371. The van der Waals surface area contributed by atoms with Crippen molar-refractivity contribution in [2.75, 3.05) is 33.7 Å². The van der Waals surface area contributed by atoms with E-state index in [1.54, 1.807) is 17.7 Å². The van der Waals surface area contributed by atoms with E-state index in [9.17, 15) is 5.11 Å². The highest BCUT2D eigenvalue weighted by molar-refractivity contribution is 5.79. The molecule has 2 aromatic rings. The average molecular weight is 377 g/mol. The highest BCUT2D eigenvalue weighted by atomic mass is 16.4. The summed E-state index contributed by atoms with van der Waals surface area (Å²) < 4.78 is 7.35. The smallest absolute Gasteiger partial charge is 0.191 e. The summed E-state index contributed by atoms with van der Waals surface area (Å²) in [6.45, 7) is 7.15. The molecule has 150 valence electrons. The Balaban J connectivity index is 2.06. The number of furan rings is 1. The number of aromatic nitrogens is 2. The minimum Gasteiger partial charge on any atom is -0.463 e. The van der Waals surface area contributed by atoms with Crippen molar-refractivity contribution in [1.82, 2.24) is 25.3 Å². The van der Waals surface area contributed by atoms with Crippen LogP contribution < -0.4 is 10.6 Å². The first kappa shape index (κ1) is 21.0. The molecule has 0 radical (unpaired) electrons. The first-order valence-corrected chi connectivity index (χ1v) is 9.19. The summed E-state index contributed by atoms with van der Waals surface area (Å²) in [5.74, 6) is 1.93. The molecule has 0 saturated carbocycles. The number of guanidine groups is 1. The first-order valence-electron chi connectivity index (χ1n) is 9.19. The second-order valence-electron chi connectivity index (χ2n) is 7.19. The van der Waals surface area contributed by atoms with Gasteiger partial charge >= 0.3 is 0 Å². The van der Waals surface area contributed by atoms with E-state index in [-0.39, 0.29) is 12.6 Å². The maximum atomic E-state index is 10.7. The number of rotatable bonds is 8. The Labute approximate surface area is 161 Å². The molecule has 2 aromatic heterocycles. The van der Waals surface area contributed by atoms with Crippen LogP contribution in [0, 0.1) is 6.92 Å². The molecular formula is C19H32N6O2. The molecule has 0 aromatic carbocycles. The number of aliphatic imine (C=N–C) groups is 1. The lowest BCUT2D eigenvalue weighted by Crippen LogP contribution is -2.42. The van der Waals surface area contributed by atoms with Crippen LogP contribution in [0.4, 0.5) is 0 Å². The topological polar surface area (TPSA) is 90.9 Å². The largest absolute Gasteiger partial charge is 0.463 e. The molecule has 2 unspecified atom stereocenters. The monoisotopic (exact) mass is 376 g/mol. The Bertz CT molecular complexity index is 747. The average Bonchev–Trinajstić information content (AvgIpc) is 3.21. The zero-order valence-corrected chi connectivity index (χ0v) is 17.2. The van der Waals surface area contributed by atoms with E-state index < -0.39 is 5.60 Å². The molecule has 0 aliphatic rings. The van der Waals surface area contributed by atoms with Crippen LogP contribution in [-0.4, -0.2) is 59.5 Å². The Morgan fingerprint density at radius 3 is 2.67 bits per heavy atom. The predicted octanol–water partition coefficient (Wildman–Crippen LogP) is 1.39. The quantitative estimate of drug-likeness (QED) is 0.476. The minimum absolute atomic E-state index is 0.149. The SMILES string of the molecule is CCNC(=NCC(C)(O)c1ccc(C)o1)NCC(c1cnn(C)c1)N(C)C. The van der Waals surface area contributed by atoms with Crippen molar-refractivity contribution in [3.8, 4) is 0 Å². The lowest BCUT2D eigenvalue weighted by atomic mass is 10.0. The number of nitrogens with zero attached hydrogens (tertiary/aromatic N) is 4. The van der Waals surface area contributed by atoms with Crippen molar-refractivity contribution in [3.05, 3.63) is 41.6 Å². The Morgan fingerprint density at radius 2 is 2.15 bits per heavy atom. The van der Waals surface area contributed by atoms with Gasteiger partial charge in [0.25, 0.3) is 0 Å². The van der Waals surface area contributed by atoms with Crippen molar-refractivity contribution >= 4 is 5.96 Å². The van der Waals surface area contributed by atoms with E-state index in [1.165, 1.54) is 0 Å². The van der Waals surface area contributed by atoms with Gasteiger partial charge in [0.1, 0.15) is 17.1 Å². The van der Waals surface area contributed by atoms with Crippen molar-refractivity contribution in [2.45, 2.75) is 32.4 Å². The zero-order chi connectivity index (χ0) is 20.0. The first-order chi connectivity index (χ1) is 12.7. The molecule has 0 saturated heterocycles. The van der Waals surface area contributed by atoms with Crippen LogP contribution in [0.2, 0.25) is 0 Å². The van der Waals surface area contributed by atoms with E-state index in [4.69, 9.17) is 4.42 Å². The van der Waals surface area contributed by atoms with E-state index in [1.807, 2.05) is 53.5 Å². The molecule has 3 N–H and O–H groups in total. The molecule has 2 atom stereocenters. The van der Waals surface area contributed by atoms with Crippen molar-refractivity contribution < 1.29 is 9.52 Å². The maximum absolute atomic E-state index is 10.7. The van der Waals surface area contributed by atoms with Crippen LogP contribution >= 0.6 is 0 Å². The molecule has 0 aliphatic heterocycles. The highest BCUT2D eigenvalue weighted by Crippen LogP contribution is 2.23. The highest BCUT2D eigenvalue weighted by Gasteiger charge is 2.27. The summed E-state index contributed by atoms with van der Waals surface area (Å²) in [6, 6.07) is 3.78. The molecule has 0 bridgehead atoms. The summed E-state index contributed by atoms with van der Waals surface area (Å²) in [4.78, 5) is 6.68. The van der Waals surface area contributed by atoms with Gasteiger partial charge in [-0.2, -0.15) is 5.10 Å². The van der Waals surface area contributed by atoms with Crippen LogP contribution in [0.15, 0.2) is 33.9 Å². The third-order valence-electron chi connectivity index (χ3n) is 4.36. The molecule has 0 amide bonds. The fourth-order valence-corrected chi connectivity index (χ4v) is 2.78. The molecule has 8 heteroatoms. The second-order valence-corrected chi connectivity index (χ2v) is 7.19. The van der Waals surface area contributed by atoms with Crippen LogP contribution in [0.3, 0.4) is 0 Å². The molecule has 0 fully saturated rings. The van der Waals surface area contributed by atoms with Gasteiger partial charge in [0.05, 0.1) is 18.8 Å². The number of aryl methyl sites for hydroxylation is 2. The second kappa shape index (κ2) is 9.05. The van der Waals surface area contributed by atoms with Crippen LogP contribution in [0.5, 0.6) is 0 Å². The summed E-state index contributed by atoms with van der Waals surface area (Å²) in [7, 11) is 5.98. The molecule has 0 spiro atoms. The van der Waals surface area contributed by atoms with Crippen molar-refractivity contribution in [2.24, 2.45) is 12.0 Å². The number of nitrogens with one attached hydrogen (secondary N) is 2. The Morgan fingerprint density at radius 1 is 1.41 bits per heavy atom. The zero-order valence-electron chi connectivity index (χ0n) is 17.2. The van der Waals surface area contributed by atoms with Crippen molar-refractivity contribution in [3.63, 3.8) is 0 Å². The van der Waals surface area contributed by atoms with E-state index in [0.717, 1.165) is 17.9 Å². The number of likely N-dealkylation sites (N-methyl/N-ethyl adjacent to an activating group) is 1. The molecular weight excluding hydrogens is 344 g/mol. The van der Waals surface area contributed by atoms with Gasteiger partial charge in [-0.3, -0.25) is 4.68 Å². The molecule has 2 rings (SSSR count). The summed E-state index contributed by atoms with van der Waals surface area (Å²) in [6.07, 6.45) is 3.89. The van der Waals surface area contributed by atoms with Crippen molar-refractivity contribution in [1.29, 1.82) is 0 Å². The summed E-state index contributed by atoms with van der Waals surface area (Å²) >= 11 is 0. The molecule has 2 heterocycles. The Hall–Kier alpha value is -2.32. The lowest BCUT2D eigenvalue weighted by Gasteiger charge is -2.25. The third kappa shape index (κ3) is 5.83. The number of hydrogen-bond acceptors (Lipinski definition) is 5. The normalized spacial score (nSPS) is 15.6. The van der Waals surface area contributed by atoms with Gasteiger partial charge in [-0.25, -0.2) is 4.99 Å². The van der Waals surface area contributed by atoms with Gasteiger partial charge in [-0.1, -0.05) is 0 Å². The number of aliphatic hydroxyl groups is 1. The van der Waals surface area contributed by atoms with Gasteiger partial charge in [0.2, 0.25) is 0 Å². The maximum Gasteiger partial charge on any atom is 0.191 e. The predicted molar refractivity (Wildman–Crippen MR) is 107 cm³/mol. The van der Waals surface area contributed by atoms with Crippen LogP contribution in [0.25, 0.3) is 0 Å². The van der Waals surface area contributed by atoms with Crippen LogP contribution in [0.1, 0.15) is 37.0 Å². The molecule has 8 nitrogen and oxygen atoms in total. The molecule has 0 aliphatic carbocycles. The van der Waals surface area contributed by atoms with Gasteiger partial charge in [0, 0.05) is 31.9 Å². The van der Waals surface area contributed by atoms with E-state index in [2.05, 4.69) is 25.6 Å². The van der Waals surface area contributed by atoms with Crippen LogP contribution in [-0.2, 0) is 12.6 Å². The van der Waals surface area contributed by atoms with Gasteiger partial charge in [-0.15, -0.1) is 0 Å².